The van der Waals surface area contributed by atoms with E-state index in [1.807, 2.05) is 0 Å². The third-order valence-electron chi connectivity index (χ3n) is 4.70. The molecule has 7 nitrogen and oxygen atoms in total. The van der Waals surface area contributed by atoms with Crippen molar-refractivity contribution >= 4 is 15.7 Å². The van der Waals surface area contributed by atoms with Gasteiger partial charge in [-0.15, -0.1) is 0 Å². The lowest BCUT2D eigenvalue weighted by atomic mass is 9.82. The molecule has 0 aliphatic carbocycles. The van der Waals surface area contributed by atoms with Crippen LogP contribution in [-0.2, 0) is 20.8 Å². The Morgan fingerprint density at radius 2 is 1.97 bits per heavy atom. The van der Waals surface area contributed by atoms with Crippen LogP contribution in [-0.4, -0.2) is 55.1 Å². The summed E-state index contributed by atoms with van der Waals surface area (Å²) >= 11 is 0. The Labute approximate surface area is 166 Å². The quantitative estimate of drug-likeness (QED) is 0.753. The Morgan fingerprint density at radius 3 is 2.55 bits per heavy atom. The minimum Gasteiger partial charge on any atom is -0.381 e. The molecular weight excluding hydrogens is 409 g/mol. The highest BCUT2D eigenvalue weighted by atomic mass is 32.2. The molecule has 0 radical (unpaired) electrons. The van der Waals surface area contributed by atoms with Crippen LogP contribution in [0.2, 0.25) is 0 Å². The van der Waals surface area contributed by atoms with E-state index < -0.39 is 27.1 Å². The van der Waals surface area contributed by atoms with Crippen molar-refractivity contribution in [2.75, 3.05) is 37.1 Å². The number of rotatable bonds is 6. The highest BCUT2D eigenvalue weighted by molar-refractivity contribution is 7.90. The molecule has 0 amide bonds. The number of anilines is 1. The fraction of sp³-hybridized carbons (Fsp3) is 0.500. The van der Waals surface area contributed by atoms with E-state index in [0.717, 1.165) is 12.3 Å². The largest absolute Gasteiger partial charge is 0.433 e. The van der Waals surface area contributed by atoms with Crippen LogP contribution in [0.3, 0.4) is 0 Å². The number of pyridine rings is 1. The van der Waals surface area contributed by atoms with E-state index in [4.69, 9.17) is 4.74 Å². The summed E-state index contributed by atoms with van der Waals surface area (Å²) < 4.78 is 69.1. The van der Waals surface area contributed by atoms with Crippen molar-refractivity contribution in [2.24, 2.45) is 5.41 Å². The molecule has 0 spiro atoms. The summed E-state index contributed by atoms with van der Waals surface area (Å²) in [4.78, 5) is 11.7. The first-order chi connectivity index (χ1) is 13.6. The predicted octanol–water partition coefficient (Wildman–Crippen LogP) is 2.81. The van der Waals surface area contributed by atoms with Gasteiger partial charge in [-0.1, -0.05) is 0 Å². The van der Waals surface area contributed by atoms with Gasteiger partial charge in [-0.25, -0.2) is 18.4 Å². The molecule has 29 heavy (non-hydrogen) atoms. The smallest absolute Gasteiger partial charge is 0.381 e. The van der Waals surface area contributed by atoms with E-state index in [2.05, 4.69) is 20.3 Å². The number of hydrogen-bond donors (Lipinski definition) is 1. The average Bonchev–Trinajstić information content (AvgIpc) is 2.66. The SMILES string of the molecule is CS(=O)(=O)CC1(CNc2cc(C(F)(F)F)nc(-c3cccnc3)n2)CCOCC1. The van der Waals surface area contributed by atoms with Crippen LogP contribution < -0.4 is 5.32 Å². The zero-order valence-corrected chi connectivity index (χ0v) is 16.6. The van der Waals surface area contributed by atoms with E-state index in [-0.39, 0.29) is 23.9 Å². The second kappa shape index (κ2) is 8.23. The van der Waals surface area contributed by atoms with Gasteiger partial charge in [0.2, 0.25) is 0 Å². The topological polar surface area (TPSA) is 94.1 Å². The zero-order chi connectivity index (χ0) is 21.1. The molecule has 1 aliphatic heterocycles. The van der Waals surface area contributed by atoms with Gasteiger partial charge in [0.05, 0.1) is 5.75 Å². The van der Waals surface area contributed by atoms with Crippen molar-refractivity contribution in [2.45, 2.75) is 19.0 Å². The molecule has 11 heteroatoms. The lowest BCUT2D eigenvalue weighted by molar-refractivity contribution is -0.141. The fourth-order valence-electron chi connectivity index (χ4n) is 3.32. The molecule has 0 saturated carbocycles. The fourth-order valence-corrected chi connectivity index (χ4v) is 4.82. The van der Waals surface area contributed by atoms with E-state index in [0.29, 0.717) is 31.6 Å². The van der Waals surface area contributed by atoms with Crippen LogP contribution in [0.25, 0.3) is 11.4 Å². The molecule has 0 aromatic carbocycles. The average molecular weight is 430 g/mol. The van der Waals surface area contributed by atoms with Crippen LogP contribution in [0.15, 0.2) is 30.6 Å². The van der Waals surface area contributed by atoms with Crippen LogP contribution >= 0.6 is 0 Å². The number of aromatic nitrogens is 3. The molecule has 158 valence electrons. The molecule has 2 aromatic rings. The van der Waals surface area contributed by atoms with Crippen molar-refractivity contribution in [1.29, 1.82) is 0 Å². The molecule has 3 rings (SSSR count). The van der Waals surface area contributed by atoms with E-state index in [1.54, 1.807) is 12.1 Å². The third-order valence-corrected chi connectivity index (χ3v) is 5.84. The molecule has 0 unspecified atom stereocenters. The Kier molecular flexibility index (Phi) is 6.08. The number of alkyl halides is 3. The number of nitrogens with one attached hydrogen (secondary N) is 1. The van der Waals surface area contributed by atoms with Gasteiger partial charge in [-0.05, 0) is 25.0 Å². The molecule has 1 N–H and O–H groups in total. The van der Waals surface area contributed by atoms with Gasteiger partial charge in [0.1, 0.15) is 15.7 Å². The van der Waals surface area contributed by atoms with Gasteiger partial charge in [0.25, 0.3) is 0 Å². The summed E-state index contributed by atoms with van der Waals surface area (Å²) in [5.41, 5.74) is -1.37. The summed E-state index contributed by atoms with van der Waals surface area (Å²) in [5.74, 6) is -0.214. The van der Waals surface area contributed by atoms with Gasteiger partial charge in [0, 0.05) is 55.5 Å². The summed E-state index contributed by atoms with van der Waals surface area (Å²) in [6.07, 6.45) is 0.343. The first-order valence-corrected chi connectivity index (χ1v) is 11.0. The number of sulfone groups is 1. The Bertz CT molecular complexity index is 947. The first kappa shape index (κ1) is 21.4. The zero-order valence-electron chi connectivity index (χ0n) is 15.7. The number of halogens is 3. The van der Waals surface area contributed by atoms with Gasteiger partial charge in [-0.3, -0.25) is 4.98 Å². The Hall–Kier alpha value is -2.27. The maximum Gasteiger partial charge on any atom is 0.433 e. The predicted molar refractivity (Wildman–Crippen MR) is 101 cm³/mol. The lowest BCUT2D eigenvalue weighted by Gasteiger charge is -2.36. The molecule has 1 fully saturated rings. The van der Waals surface area contributed by atoms with E-state index in [1.165, 1.54) is 12.4 Å². The molecule has 1 aliphatic rings. The highest BCUT2D eigenvalue weighted by Crippen LogP contribution is 2.34. The van der Waals surface area contributed by atoms with Crippen LogP contribution in [0, 0.1) is 5.41 Å². The minimum atomic E-state index is -4.65. The number of nitrogens with zero attached hydrogens (tertiary/aromatic N) is 3. The van der Waals surface area contributed by atoms with Gasteiger partial charge in [0.15, 0.2) is 11.5 Å². The van der Waals surface area contributed by atoms with Crippen molar-refractivity contribution < 1.29 is 26.3 Å². The van der Waals surface area contributed by atoms with Gasteiger partial charge < -0.3 is 10.1 Å². The maximum atomic E-state index is 13.3. The summed E-state index contributed by atoms with van der Waals surface area (Å²) in [6, 6.07) is 3.97. The van der Waals surface area contributed by atoms with Crippen molar-refractivity contribution in [3.05, 3.63) is 36.3 Å². The maximum absolute atomic E-state index is 13.3. The highest BCUT2D eigenvalue weighted by Gasteiger charge is 2.37. The van der Waals surface area contributed by atoms with E-state index in [9.17, 15) is 21.6 Å². The Morgan fingerprint density at radius 1 is 1.24 bits per heavy atom. The Balaban J connectivity index is 1.91. The summed E-state index contributed by atoms with van der Waals surface area (Å²) in [5, 5.41) is 2.91. The molecule has 3 heterocycles. The van der Waals surface area contributed by atoms with Crippen LogP contribution in [0.1, 0.15) is 18.5 Å². The van der Waals surface area contributed by atoms with Gasteiger partial charge >= 0.3 is 6.18 Å². The second-order valence-electron chi connectivity index (χ2n) is 7.24. The normalized spacial score (nSPS) is 17.1. The van der Waals surface area contributed by atoms with Crippen molar-refractivity contribution in [1.82, 2.24) is 15.0 Å². The van der Waals surface area contributed by atoms with Crippen LogP contribution in [0.4, 0.5) is 19.0 Å². The lowest BCUT2D eigenvalue weighted by Crippen LogP contribution is -2.41. The third kappa shape index (κ3) is 5.86. The second-order valence-corrected chi connectivity index (χ2v) is 9.38. The standard InChI is InChI=1S/C18H21F3N4O3S/c1-29(26,27)12-17(4-7-28-8-5-17)11-23-15-9-14(18(19,20)21)24-16(25-15)13-3-2-6-22-10-13/h2-3,6,9-10H,4-5,7-8,11-12H2,1H3,(H,23,24,25). The number of ether oxygens (including phenoxy) is 1. The molecule has 1 saturated heterocycles. The molecule has 0 atom stereocenters. The monoisotopic (exact) mass is 430 g/mol. The molecular formula is C18H21F3N4O3S. The molecule has 0 bridgehead atoms. The molecule has 2 aromatic heterocycles. The summed E-state index contributed by atoms with van der Waals surface area (Å²) in [7, 11) is -3.29. The van der Waals surface area contributed by atoms with Crippen molar-refractivity contribution in [3.63, 3.8) is 0 Å². The number of hydrogen-bond acceptors (Lipinski definition) is 7. The van der Waals surface area contributed by atoms with Crippen molar-refractivity contribution in [3.8, 4) is 11.4 Å². The van der Waals surface area contributed by atoms with Crippen LogP contribution in [0.5, 0.6) is 0 Å². The van der Waals surface area contributed by atoms with Gasteiger partial charge in [-0.2, -0.15) is 13.2 Å². The van der Waals surface area contributed by atoms with E-state index >= 15 is 0 Å². The minimum absolute atomic E-state index is 0.0226. The first-order valence-electron chi connectivity index (χ1n) is 8.92. The summed E-state index contributed by atoms with van der Waals surface area (Å²) in [6.45, 7) is 0.954.